The first kappa shape index (κ1) is 14.0. The Bertz CT molecular complexity index is 875. The van der Waals surface area contributed by atoms with Gasteiger partial charge >= 0.3 is 0 Å². The second-order valence-electron chi connectivity index (χ2n) is 4.52. The van der Waals surface area contributed by atoms with E-state index >= 15 is 0 Å². The first-order chi connectivity index (χ1) is 10.6. The Morgan fingerprint density at radius 3 is 2.41 bits per heavy atom. The lowest BCUT2D eigenvalue weighted by Crippen LogP contribution is -2.02. The van der Waals surface area contributed by atoms with E-state index in [1.807, 2.05) is 42.5 Å². The van der Waals surface area contributed by atoms with Crippen LogP contribution in [-0.2, 0) is 0 Å². The molecule has 0 aliphatic heterocycles. The summed E-state index contributed by atoms with van der Waals surface area (Å²) in [5.74, 6) is 6.42. The summed E-state index contributed by atoms with van der Waals surface area (Å²) in [6.07, 6.45) is 0. The molecule has 22 heavy (non-hydrogen) atoms. The van der Waals surface area contributed by atoms with Crippen LogP contribution in [0.4, 0.5) is 11.9 Å². The normalized spacial score (nSPS) is 10.0. The fourth-order valence-electron chi connectivity index (χ4n) is 1.93. The highest BCUT2D eigenvalue weighted by atomic mass is 35.5. The van der Waals surface area contributed by atoms with Crippen LogP contribution in [0.5, 0.6) is 0 Å². The molecule has 2 aromatic carbocycles. The minimum absolute atomic E-state index is 0.113. The van der Waals surface area contributed by atoms with E-state index in [2.05, 4.69) is 21.9 Å². The quantitative estimate of drug-likeness (QED) is 0.677. The summed E-state index contributed by atoms with van der Waals surface area (Å²) in [7, 11) is 0. The van der Waals surface area contributed by atoms with E-state index in [0.717, 1.165) is 11.1 Å². The van der Waals surface area contributed by atoms with Gasteiger partial charge in [-0.25, -0.2) is 0 Å². The molecular formula is C16H12ClN5. The first-order valence-electron chi connectivity index (χ1n) is 6.48. The van der Waals surface area contributed by atoms with Crippen LogP contribution in [0.15, 0.2) is 48.5 Å². The molecule has 108 valence electrons. The molecule has 0 aliphatic carbocycles. The standard InChI is InChI=1S/C16H12ClN5/c17-14-10-13(22-16(19)20-15(18)21-22)9-8-12(14)7-6-11-4-2-1-3-5-11/h1-5,8-10H,(H4,18,19,20,21). The zero-order chi connectivity index (χ0) is 15.5. The summed E-state index contributed by atoms with van der Waals surface area (Å²) in [5, 5.41) is 4.52. The fourth-order valence-corrected chi connectivity index (χ4v) is 2.15. The second kappa shape index (κ2) is 5.80. The average molecular weight is 310 g/mol. The molecule has 3 rings (SSSR count). The van der Waals surface area contributed by atoms with Gasteiger partial charge in [0, 0.05) is 11.1 Å². The zero-order valence-electron chi connectivity index (χ0n) is 11.5. The van der Waals surface area contributed by atoms with Crippen molar-refractivity contribution in [1.82, 2.24) is 14.8 Å². The number of anilines is 2. The molecule has 3 aromatic rings. The number of hydrogen-bond donors (Lipinski definition) is 2. The van der Waals surface area contributed by atoms with Crippen molar-refractivity contribution in [2.24, 2.45) is 0 Å². The van der Waals surface area contributed by atoms with Gasteiger partial charge in [0.25, 0.3) is 0 Å². The summed E-state index contributed by atoms with van der Waals surface area (Å²) in [6.45, 7) is 0. The van der Waals surface area contributed by atoms with Crippen molar-refractivity contribution in [1.29, 1.82) is 0 Å². The van der Waals surface area contributed by atoms with Gasteiger partial charge in [-0.3, -0.25) is 0 Å². The van der Waals surface area contributed by atoms with Crippen molar-refractivity contribution in [3.8, 4) is 17.5 Å². The molecule has 0 unspecified atom stereocenters. The third kappa shape index (κ3) is 2.87. The Morgan fingerprint density at radius 2 is 1.77 bits per heavy atom. The maximum Gasteiger partial charge on any atom is 0.241 e. The molecule has 0 spiro atoms. The van der Waals surface area contributed by atoms with E-state index < -0.39 is 0 Å². The third-order valence-corrected chi connectivity index (χ3v) is 3.27. The summed E-state index contributed by atoms with van der Waals surface area (Å²) < 4.78 is 1.43. The molecule has 0 saturated heterocycles. The highest BCUT2D eigenvalue weighted by Gasteiger charge is 2.08. The summed E-state index contributed by atoms with van der Waals surface area (Å²) >= 11 is 6.27. The summed E-state index contributed by atoms with van der Waals surface area (Å²) in [4.78, 5) is 3.85. The van der Waals surface area contributed by atoms with Gasteiger partial charge in [0.1, 0.15) is 0 Å². The first-order valence-corrected chi connectivity index (χ1v) is 6.86. The molecule has 0 fully saturated rings. The maximum atomic E-state index is 6.27. The van der Waals surface area contributed by atoms with Gasteiger partial charge in [-0.15, -0.1) is 5.10 Å². The number of benzene rings is 2. The summed E-state index contributed by atoms with van der Waals surface area (Å²) in [6, 6.07) is 15.0. The predicted molar refractivity (Wildman–Crippen MR) is 87.6 cm³/mol. The zero-order valence-corrected chi connectivity index (χ0v) is 12.2. The van der Waals surface area contributed by atoms with Crippen LogP contribution in [0.2, 0.25) is 5.02 Å². The van der Waals surface area contributed by atoms with Crippen molar-refractivity contribution in [3.05, 3.63) is 64.7 Å². The minimum atomic E-state index is 0.113. The fraction of sp³-hybridized carbons (Fsp3) is 0. The maximum absolute atomic E-state index is 6.27. The number of rotatable bonds is 1. The van der Waals surface area contributed by atoms with Crippen LogP contribution in [0.3, 0.4) is 0 Å². The van der Waals surface area contributed by atoms with E-state index in [1.165, 1.54) is 4.68 Å². The number of nitrogens with two attached hydrogens (primary N) is 2. The highest BCUT2D eigenvalue weighted by Crippen LogP contribution is 2.21. The van der Waals surface area contributed by atoms with Crippen molar-refractivity contribution < 1.29 is 0 Å². The SMILES string of the molecule is Nc1nc(N)n(-c2ccc(C#Cc3ccccc3)c(Cl)c2)n1. The van der Waals surface area contributed by atoms with Gasteiger partial charge in [-0.1, -0.05) is 41.6 Å². The van der Waals surface area contributed by atoms with Crippen LogP contribution in [0, 0.1) is 11.8 Å². The van der Waals surface area contributed by atoms with E-state index in [0.29, 0.717) is 10.7 Å². The summed E-state index contributed by atoms with van der Waals surface area (Å²) in [5.41, 5.74) is 13.6. The molecule has 5 nitrogen and oxygen atoms in total. The van der Waals surface area contributed by atoms with Crippen LogP contribution < -0.4 is 11.5 Å². The van der Waals surface area contributed by atoms with Gasteiger partial charge in [-0.2, -0.15) is 9.67 Å². The van der Waals surface area contributed by atoms with Crippen molar-refractivity contribution in [2.45, 2.75) is 0 Å². The second-order valence-corrected chi connectivity index (χ2v) is 4.93. The molecule has 1 aromatic heterocycles. The van der Waals surface area contributed by atoms with Crippen LogP contribution in [0.1, 0.15) is 11.1 Å². The predicted octanol–water partition coefficient (Wildman–Crippen LogP) is 2.48. The monoisotopic (exact) mass is 309 g/mol. The molecule has 6 heteroatoms. The molecule has 1 heterocycles. The lowest BCUT2D eigenvalue weighted by molar-refractivity contribution is 0.895. The number of nitrogen functional groups attached to an aromatic ring is 2. The molecule has 0 aliphatic rings. The molecule has 0 radical (unpaired) electrons. The molecular weight excluding hydrogens is 298 g/mol. The molecule has 0 bridgehead atoms. The van der Waals surface area contributed by atoms with Gasteiger partial charge in [-0.05, 0) is 30.3 Å². The number of halogens is 1. The highest BCUT2D eigenvalue weighted by molar-refractivity contribution is 6.31. The Labute approximate surface area is 132 Å². The lowest BCUT2D eigenvalue weighted by Gasteiger charge is -2.04. The number of nitrogens with zero attached hydrogens (tertiary/aromatic N) is 3. The smallest absolute Gasteiger partial charge is 0.241 e. The Morgan fingerprint density at radius 1 is 1.00 bits per heavy atom. The Kier molecular flexibility index (Phi) is 3.69. The van der Waals surface area contributed by atoms with E-state index in [4.69, 9.17) is 23.1 Å². The van der Waals surface area contributed by atoms with Gasteiger partial charge in [0.15, 0.2) is 0 Å². The van der Waals surface area contributed by atoms with Crippen LogP contribution >= 0.6 is 11.6 Å². The van der Waals surface area contributed by atoms with Crippen molar-refractivity contribution in [3.63, 3.8) is 0 Å². The Hall–Kier alpha value is -2.97. The topological polar surface area (TPSA) is 82.7 Å². The molecule has 0 atom stereocenters. The molecule has 4 N–H and O–H groups in total. The van der Waals surface area contributed by atoms with Gasteiger partial charge < -0.3 is 11.5 Å². The van der Waals surface area contributed by atoms with Gasteiger partial charge in [0.2, 0.25) is 11.9 Å². The van der Waals surface area contributed by atoms with Crippen molar-refractivity contribution >= 4 is 23.5 Å². The lowest BCUT2D eigenvalue weighted by atomic mass is 10.1. The Balaban J connectivity index is 1.94. The minimum Gasteiger partial charge on any atom is -0.368 e. The van der Waals surface area contributed by atoms with E-state index in [-0.39, 0.29) is 11.9 Å². The molecule has 0 amide bonds. The van der Waals surface area contributed by atoms with Crippen LogP contribution in [-0.4, -0.2) is 14.8 Å². The van der Waals surface area contributed by atoms with E-state index in [9.17, 15) is 0 Å². The largest absolute Gasteiger partial charge is 0.368 e. The van der Waals surface area contributed by atoms with Crippen molar-refractivity contribution in [2.75, 3.05) is 11.5 Å². The average Bonchev–Trinajstić information content (AvgIpc) is 2.86. The number of hydrogen-bond acceptors (Lipinski definition) is 4. The van der Waals surface area contributed by atoms with Gasteiger partial charge in [0.05, 0.1) is 10.7 Å². The van der Waals surface area contributed by atoms with E-state index in [1.54, 1.807) is 6.07 Å². The number of aromatic nitrogens is 3. The molecule has 0 saturated carbocycles. The van der Waals surface area contributed by atoms with Crippen LogP contribution in [0.25, 0.3) is 5.69 Å². The third-order valence-electron chi connectivity index (χ3n) is 2.96.